The van der Waals surface area contributed by atoms with Crippen LogP contribution in [0.15, 0.2) is 42.7 Å². The van der Waals surface area contributed by atoms with Crippen molar-refractivity contribution in [1.29, 1.82) is 0 Å². The Morgan fingerprint density at radius 2 is 1.76 bits per heavy atom. The van der Waals surface area contributed by atoms with Gasteiger partial charge in [0.05, 0.1) is 13.2 Å². The number of piperazine rings is 1. The number of ether oxygens (including phenoxy) is 1. The Morgan fingerprint density at radius 1 is 1.12 bits per heavy atom. The van der Waals surface area contributed by atoms with Crippen molar-refractivity contribution in [2.75, 3.05) is 43.5 Å². The molecule has 1 N–H and O–H groups in total. The van der Waals surface area contributed by atoms with Gasteiger partial charge in [0.15, 0.2) is 0 Å². The standard InChI is InChI=1S/C18H23N5O2/c1-14(17(24)21-15-4-6-16(25-2)7-5-15)22-10-12-23(13-11-22)18-19-8-3-9-20-18/h3-9,14H,10-13H2,1-2H3,(H,21,24)/t14-/m0/s1. The second kappa shape index (κ2) is 7.94. The number of methoxy groups -OCH3 is 1. The molecule has 1 aromatic heterocycles. The predicted octanol–water partition coefficient (Wildman–Crippen LogP) is 1.63. The van der Waals surface area contributed by atoms with E-state index in [4.69, 9.17) is 4.74 Å². The molecule has 0 bridgehead atoms. The predicted molar refractivity (Wildman–Crippen MR) is 96.9 cm³/mol. The minimum Gasteiger partial charge on any atom is -0.497 e. The second-order valence-corrected chi connectivity index (χ2v) is 5.97. The van der Waals surface area contributed by atoms with Crippen LogP contribution in [0, 0.1) is 0 Å². The number of aromatic nitrogens is 2. The number of carbonyl (C=O) groups excluding carboxylic acids is 1. The Balaban J connectivity index is 1.52. The van der Waals surface area contributed by atoms with Crippen LogP contribution in [0.25, 0.3) is 0 Å². The van der Waals surface area contributed by atoms with Crippen molar-refractivity contribution in [2.45, 2.75) is 13.0 Å². The van der Waals surface area contributed by atoms with Crippen molar-refractivity contribution >= 4 is 17.5 Å². The fourth-order valence-electron chi connectivity index (χ4n) is 2.85. The molecule has 1 aliphatic heterocycles. The Hall–Kier alpha value is -2.67. The number of rotatable bonds is 5. The summed E-state index contributed by atoms with van der Waals surface area (Å²) in [5, 5.41) is 2.96. The number of nitrogens with one attached hydrogen (secondary N) is 1. The molecule has 1 aromatic carbocycles. The second-order valence-electron chi connectivity index (χ2n) is 5.97. The molecular weight excluding hydrogens is 318 g/mol. The van der Waals surface area contributed by atoms with Crippen LogP contribution in [0.3, 0.4) is 0 Å². The summed E-state index contributed by atoms with van der Waals surface area (Å²) in [7, 11) is 1.62. The van der Waals surface area contributed by atoms with E-state index in [0.29, 0.717) is 0 Å². The minimum atomic E-state index is -0.194. The zero-order chi connectivity index (χ0) is 17.6. The van der Waals surface area contributed by atoms with E-state index in [-0.39, 0.29) is 11.9 Å². The van der Waals surface area contributed by atoms with Gasteiger partial charge in [0.25, 0.3) is 0 Å². The molecule has 2 aromatic rings. The highest BCUT2D eigenvalue weighted by Crippen LogP contribution is 2.17. The lowest BCUT2D eigenvalue weighted by Gasteiger charge is -2.37. The molecule has 0 spiro atoms. The van der Waals surface area contributed by atoms with Gasteiger partial charge in [-0.05, 0) is 37.3 Å². The van der Waals surface area contributed by atoms with Crippen molar-refractivity contribution in [3.8, 4) is 5.75 Å². The first-order chi connectivity index (χ1) is 12.2. The number of carbonyl (C=O) groups is 1. The van der Waals surface area contributed by atoms with Crippen LogP contribution >= 0.6 is 0 Å². The largest absolute Gasteiger partial charge is 0.497 e. The number of nitrogens with zero attached hydrogens (tertiary/aromatic N) is 4. The van der Waals surface area contributed by atoms with Gasteiger partial charge in [-0.2, -0.15) is 0 Å². The van der Waals surface area contributed by atoms with Gasteiger partial charge in [-0.3, -0.25) is 9.69 Å². The molecule has 0 aliphatic carbocycles. The maximum Gasteiger partial charge on any atom is 0.241 e. The van der Waals surface area contributed by atoms with Gasteiger partial charge in [-0.15, -0.1) is 0 Å². The van der Waals surface area contributed by atoms with Gasteiger partial charge < -0.3 is 15.0 Å². The minimum absolute atomic E-state index is 0.00502. The summed E-state index contributed by atoms with van der Waals surface area (Å²) in [4.78, 5) is 25.4. The van der Waals surface area contributed by atoms with Crippen molar-refractivity contribution < 1.29 is 9.53 Å². The molecule has 7 heteroatoms. The Labute approximate surface area is 147 Å². The summed E-state index contributed by atoms with van der Waals surface area (Å²) in [5.41, 5.74) is 0.772. The van der Waals surface area contributed by atoms with Gasteiger partial charge >= 0.3 is 0 Å². The van der Waals surface area contributed by atoms with Crippen molar-refractivity contribution in [1.82, 2.24) is 14.9 Å². The van der Waals surface area contributed by atoms with Crippen LogP contribution in [-0.4, -0.2) is 60.1 Å². The lowest BCUT2D eigenvalue weighted by atomic mass is 10.2. The molecule has 1 fully saturated rings. The maximum atomic E-state index is 12.5. The van der Waals surface area contributed by atoms with E-state index in [1.165, 1.54) is 0 Å². The van der Waals surface area contributed by atoms with Crippen molar-refractivity contribution in [3.63, 3.8) is 0 Å². The molecule has 132 valence electrons. The SMILES string of the molecule is COc1ccc(NC(=O)[C@H](C)N2CCN(c3ncccn3)CC2)cc1. The lowest BCUT2D eigenvalue weighted by Crippen LogP contribution is -2.53. The summed E-state index contributed by atoms with van der Waals surface area (Å²) in [6.45, 7) is 5.16. The van der Waals surface area contributed by atoms with E-state index in [2.05, 4.69) is 25.1 Å². The quantitative estimate of drug-likeness (QED) is 0.891. The van der Waals surface area contributed by atoms with Crippen LogP contribution in [-0.2, 0) is 4.79 Å². The molecule has 1 amide bonds. The third-order valence-electron chi connectivity index (χ3n) is 4.43. The van der Waals surface area contributed by atoms with Crippen LogP contribution < -0.4 is 15.0 Å². The van der Waals surface area contributed by atoms with E-state index in [1.54, 1.807) is 19.5 Å². The van der Waals surface area contributed by atoms with Crippen LogP contribution in [0.5, 0.6) is 5.75 Å². The smallest absolute Gasteiger partial charge is 0.241 e. The number of amides is 1. The highest BCUT2D eigenvalue weighted by atomic mass is 16.5. The highest BCUT2D eigenvalue weighted by molar-refractivity contribution is 5.94. The molecule has 0 unspecified atom stereocenters. The average Bonchev–Trinajstić information content (AvgIpc) is 2.69. The number of benzene rings is 1. The summed E-state index contributed by atoms with van der Waals surface area (Å²) >= 11 is 0. The first-order valence-corrected chi connectivity index (χ1v) is 8.38. The Kier molecular flexibility index (Phi) is 5.45. The van der Waals surface area contributed by atoms with E-state index >= 15 is 0 Å². The molecule has 7 nitrogen and oxygen atoms in total. The Bertz CT molecular complexity index is 684. The molecule has 1 atom stereocenters. The zero-order valence-electron chi connectivity index (χ0n) is 14.6. The third kappa shape index (κ3) is 4.24. The van der Waals surface area contributed by atoms with Crippen LogP contribution in [0.4, 0.5) is 11.6 Å². The van der Waals surface area contributed by atoms with E-state index in [0.717, 1.165) is 43.6 Å². The van der Waals surface area contributed by atoms with Crippen LogP contribution in [0.1, 0.15) is 6.92 Å². The third-order valence-corrected chi connectivity index (χ3v) is 4.43. The number of hydrogen-bond acceptors (Lipinski definition) is 6. The molecule has 2 heterocycles. The fraction of sp³-hybridized carbons (Fsp3) is 0.389. The van der Waals surface area contributed by atoms with E-state index in [1.807, 2.05) is 37.3 Å². The molecule has 25 heavy (non-hydrogen) atoms. The number of hydrogen-bond donors (Lipinski definition) is 1. The summed E-state index contributed by atoms with van der Waals surface area (Å²) in [6, 6.07) is 8.96. The summed E-state index contributed by atoms with van der Waals surface area (Å²) < 4.78 is 5.13. The molecular formula is C18H23N5O2. The first-order valence-electron chi connectivity index (χ1n) is 8.38. The Morgan fingerprint density at radius 3 is 2.36 bits per heavy atom. The van der Waals surface area contributed by atoms with Gasteiger partial charge in [0.1, 0.15) is 5.75 Å². The maximum absolute atomic E-state index is 12.5. The van der Waals surface area contributed by atoms with Gasteiger partial charge in [-0.1, -0.05) is 0 Å². The van der Waals surface area contributed by atoms with Gasteiger partial charge in [-0.25, -0.2) is 9.97 Å². The molecule has 1 saturated heterocycles. The molecule has 0 saturated carbocycles. The normalized spacial score (nSPS) is 16.3. The molecule has 1 aliphatic rings. The van der Waals surface area contributed by atoms with Gasteiger partial charge in [0.2, 0.25) is 11.9 Å². The van der Waals surface area contributed by atoms with Crippen LogP contribution in [0.2, 0.25) is 0 Å². The van der Waals surface area contributed by atoms with E-state index in [9.17, 15) is 4.79 Å². The topological polar surface area (TPSA) is 70.6 Å². The van der Waals surface area contributed by atoms with Crippen molar-refractivity contribution in [3.05, 3.63) is 42.7 Å². The average molecular weight is 341 g/mol. The summed E-state index contributed by atoms with van der Waals surface area (Å²) in [5.74, 6) is 1.51. The first kappa shape index (κ1) is 17.2. The lowest BCUT2D eigenvalue weighted by molar-refractivity contribution is -0.120. The van der Waals surface area contributed by atoms with Crippen molar-refractivity contribution in [2.24, 2.45) is 0 Å². The van der Waals surface area contributed by atoms with E-state index < -0.39 is 0 Å². The fourth-order valence-corrected chi connectivity index (χ4v) is 2.85. The van der Waals surface area contributed by atoms with Gasteiger partial charge in [0, 0.05) is 44.3 Å². The monoisotopic (exact) mass is 341 g/mol. The number of anilines is 2. The molecule has 3 rings (SSSR count). The highest BCUT2D eigenvalue weighted by Gasteiger charge is 2.26. The summed E-state index contributed by atoms with van der Waals surface area (Å²) in [6.07, 6.45) is 3.50. The zero-order valence-corrected chi connectivity index (χ0v) is 14.6. The molecule has 0 radical (unpaired) electrons.